The van der Waals surface area contributed by atoms with Gasteiger partial charge >= 0.3 is 0 Å². The molecular formula is C14H17BrN2O2S. The molecule has 0 radical (unpaired) electrons. The van der Waals surface area contributed by atoms with Crippen molar-refractivity contribution in [3.05, 3.63) is 36.5 Å². The van der Waals surface area contributed by atoms with Crippen molar-refractivity contribution >= 4 is 36.9 Å². The van der Waals surface area contributed by atoms with Crippen LogP contribution in [0.3, 0.4) is 0 Å². The fourth-order valence-electron chi connectivity index (χ4n) is 1.81. The largest absolute Gasteiger partial charge is 0.256 e. The normalized spacial score (nSPS) is 13.8. The van der Waals surface area contributed by atoms with Gasteiger partial charge in [-0.25, -0.2) is 13.1 Å². The predicted octanol–water partition coefficient (Wildman–Crippen LogP) is 2.93. The molecule has 0 amide bonds. The Hall–Kier alpha value is -0.980. The molecule has 0 bridgehead atoms. The first-order chi connectivity index (χ1) is 9.42. The van der Waals surface area contributed by atoms with Gasteiger partial charge in [-0.15, -0.1) is 0 Å². The number of benzene rings is 1. The summed E-state index contributed by atoms with van der Waals surface area (Å²) in [7, 11) is -3.54. The number of fused-ring (bicyclic) bond motifs is 1. The van der Waals surface area contributed by atoms with E-state index in [4.69, 9.17) is 0 Å². The zero-order valence-corrected chi connectivity index (χ0v) is 13.8. The Balaban J connectivity index is 2.33. The van der Waals surface area contributed by atoms with E-state index in [0.717, 1.165) is 0 Å². The van der Waals surface area contributed by atoms with E-state index < -0.39 is 10.0 Å². The summed E-state index contributed by atoms with van der Waals surface area (Å²) in [6.07, 6.45) is 1.65. The molecular weight excluding hydrogens is 340 g/mol. The molecule has 2 rings (SSSR count). The van der Waals surface area contributed by atoms with E-state index in [-0.39, 0.29) is 9.72 Å². The maximum absolute atomic E-state index is 12.4. The number of nitrogens with one attached hydrogen (secondary N) is 1. The van der Waals surface area contributed by atoms with Gasteiger partial charge in [-0.3, -0.25) is 4.98 Å². The van der Waals surface area contributed by atoms with Gasteiger partial charge in [0.2, 0.25) is 10.0 Å². The van der Waals surface area contributed by atoms with Crippen molar-refractivity contribution in [3.8, 4) is 0 Å². The highest BCUT2D eigenvalue weighted by molar-refractivity contribution is 9.09. The Kier molecular flexibility index (Phi) is 4.78. The highest BCUT2D eigenvalue weighted by Gasteiger charge is 2.19. The summed E-state index contributed by atoms with van der Waals surface area (Å²) in [4.78, 5) is 4.55. The van der Waals surface area contributed by atoms with Crippen LogP contribution in [-0.4, -0.2) is 24.8 Å². The monoisotopic (exact) mass is 356 g/mol. The van der Waals surface area contributed by atoms with Crippen molar-refractivity contribution in [3.63, 3.8) is 0 Å². The molecule has 20 heavy (non-hydrogen) atoms. The molecule has 0 saturated carbocycles. The number of hydrogen-bond donors (Lipinski definition) is 1. The fraction of sp³-hybridized carbons (Fsp3) is 0.357. The molecule has 1 unspecified atom stereocenters. The van der Waals surface area contributed by atoms with E-state index in [9.17, 15) is 8.42 Å². The molecule has 4 nitrogen and oxygen atoms in total. The summed E-state index contributed by atoms with van der Waals surface area (Å²) in [5.41, 5.74) is 0.676. The van der Waals surface area contributed by atoms with Gasteiger partial charge in [-0.2, -0.15) is 0 Å². The van der Waals surface area contributed by atoms with Gasteiger partial charge in [0, 0.05) is 23.0 Å². The molecule has 0 aliphatic carbocycles. The minimum atomic E-state index is -3.54. The lowest BCUT2D eigenvalue weighted by molar-refractivity contribution is 0.563. The van der Waals surface area contributed by atoms with Crippen molar-refractivity contribution in [1.82, 2.24) is 9.71 Å². The highest BCUT2D eigenvalue weighted by Crippen LogP contribution is 2.21. The Morgan fingerprint density at radius 2 is 2.00 bits per heavy atom. The minimum Gasteiger partial charge on any atom is -0.256 e. The summed E-state index contributed by atoms with van der Waals surface area (Å²) < 4.78 is 27.5. The standard InChI is InChI=1S/C14H17BrN2O2S/c1-10(2)12(15)9-17-20(18,19)14-7-3-6-13-11(14)5-4-8-16-13/h3-8,10,12,17H,9H2,1-2H3. The van der Waals surface area contributed by atoms with Crippen molar-refractivity contribution in [2.45, 2.75) is 23.6 Å². The Labute approximate surface area is 127 Å². The number of hydrogen-bond acceptors (Lipinski definition) is 3. The Morgan fingerprint density at radius 3 is 2.70 bits per heavy atom. The molecule has 1 aromatic heterocycles. The van der Waals surface area contributed by atoms with Crippen molar-refractivity contribution in [2.75, 3.05) is 6.54 Å². The third-order valence-corrected chi connectivity index (χ3v) is 5.95. The van der Waals surface area contributed by atoms with Crippen LogP contribution in [0.5, 0.6) is 0 Å². The molecule has 1 aromatic carbocycles. The van der Waals surface area contributed by atoms with Crippen LogP contribution < -0.4 is 4.72 Å². The highest BCUT2D eigenvalue weighted by atomic mass is 79.9. The Morgan fingerprint density at radius 1 is 1.25 bits per heavy atom. The van der Waals surface area contributed by atoms with Gasteiger partial charge in [-0.05, 0) is 30.2 Å². The van der Waals surface area contributed by atoms with Crippen molar-refractivity contribution in [2.24, 2.45) is 5.92 Å². The molecule has 6 heteroatoms. The van der Waals surface area contributed by atoms with Gasteiger partial charge in [0.25, 0.3) is 0 Å². The molecule has 2 aromatic rings. The van der Waals surface area contributed by atoms with Crippen LogP contribution in [0.15, 0.2) is 41.4 Å². The molecule has 0 saturated heterocycles. The number of aromatic nitrogens is 1. The maximum atomic E-state index is 12.4. The van der Waals surface area contributed by atoms with Gasteiger partial charge in [0.15, 0.2) is 0 Å². The second-order valence-electron chi connectivity index (χ2n) is 4.94. The third kappa shape index (κ3) is 3.37. The Bertz CT molecular complexity index is 696. The van der Waals surface area contributed by atoms with Crippen LogP contribution in [0.1, 0.15) is 13.8 Å². The number of halogens is 1. The summed E-state index contributed by atoms with van der Waals surface area (Å²) in [5, 5.41) is 0.637. The lowest BCUT2D eigenvalue weighted by Gasteiger charge is -2.15. The third-order valence-electron chi connectivity index (χ3n) is 3.09. The number of sulfonamides is 1. The molecule has 0 fully saturated rings. The van der Waals surface area contributed by atoms with Crippen LogP contribution in [0.4, 0.5) is 0 Å². The zero-order valence-electron chi connectivity index (χ0n) is 11.4. The molecule has 0 spiro atoms. The van der Waals surface area contributed by atoms with Crippen LogP contribution in [0.25, 0.3) is 10.9 Å². The average Bonchev–Trinajstić information content (AvgIpc) is 2.44. The van der Waals surface area contributed by atoms with E-state index in [1.54, 1.807) is 36.5 Å². The SMILES string of the molecule is CC(C)C(Br)CNS(=O)(=O)c1cccc2ncccc12. The van der Waals surface area contributed by atoms with E-state index in [2.05, 4.69) is 25.6 Å². The summed E-state index contributed by atoms with van der Waals surface area (Å²) in [6, 6.07) is 8.62. The van der Waals surface area contributed by atoms with Crippen molar-refractivity contribution < 1.29 is 8.42 Å². The second kappa shape index (κ2) is 6.20. The average molecular weight is 357 g/mol. The summed E-state index contributed by atoms with van der Waals surface area (Å²) >= 11 is 3.48. The second-order valence-corrected chi connectivity index (χ2v) is 7.85. The van der Waals surface area contributed by atoms with Crippen LogP contribution in [0.2, 0.25) is 0 Å². The van der Waals surface area contributed by atoms with Crippen LogP contribution in [0, 0.1) is 5.92 Å². The maximum Gasteiger partial charge on any atom is 0.241 e. The van der Waals surface area contributed by atoms with E-state index in [0.29, 0.717) is 23.4 Å². The summed E-state index contributed by atoms with van der Waals surface area (Å²) in [6.45, 7) is 4.43. The number of pyridine rings is 1. The van der Waals surface area contributed by atoms with Crippen LogP contribution >= 0.6 is 15.9 Å². The van der Waals surface area contributed by atoms with Crippen LogP contribution in [-0.2, 0) is 10.0 Å². The lowest BCUT2D eigenvalue weighted by atomic mass is 10.1. The van der Waals surface area contributed by atoms with E-state index in [1.807, 2.05) is 13.8 Å². The van der Waals surface area contributed by atoms with Crippen molar-refractivity contribution in [1.29, 1.82) is 0 Å². The lowest BCUT2D eigenvalue weighted by Crippen LogP contribution is -2.31. The molecule has 108 valence electrons. The molecule has 1 N–H and O–H groups in total. The van der Waals surface area contributed by atoms with E-state index >= 15 is 0 Å². The van der Waals surface area contributed by atoms with Gasteiger partial charge in [-0.1, -0.05) is 35.8 Å². The zero-order chi connectivity index (χ0) is 14.8. The number of rotatable bonds is 5. The first-order valence-corrected chi connectivity index (χ1v) is 8.79. The van der Waals surface area contributed by atoms with Gasteiger partial charge < -0.3 is 0 Å². The topological polar surface area (TPSA) is 59.1 Å². The molecule has 1 heterocycles. The number of nitrogens with zero attached hydrogens (tertiary/aromatic N) is 1. The molecule has 1 atom stereocenters. The number of alkyl halides is 1. The fourth-order valence-corrected chi connectivity index (χ4v) is 3.46. The minimum absolute atomic E-state index is 0.102. The molecule has 0 aliphatic heterocycles. The smallest absolute Gasteiger partial charge is 0.241 e. The predicted molar refractivity (Wildman–Crippen MR) is 84.5 cm³/mol. The first kappa shape index (κ1) is 15.4. The first-order valence-electron chi connectivity index (χ1n) is 6.39. The quantitative estimate of drug-likeness (QED) is 0.837. The van der Waals surface area contributed by atoms with E-state index in [1.165, 1.54) is 0 Å². The molecule has 0 aliphatic rings. The summed E-state index contributed by atoms with van der Waals surface area (Å²) in [5.74, 6) is 0.354. The van der Waals surface area contributed by atoms with Gasteiger partial charge in [0.05, 0.1) is 10.4 Å². The van der Waals surface area contributed by atoms with Gasteiger partial charge in [0.1, 0.15) is 0 Å².